The van der Waals surface area contributed by atoms with E-state index in [1.54, 1.807) is 4.90 Å². The molecule has 0 aliphatic heterocycles. The van der Waals surface area contributed by atoms with Gasteiger partial charge in [-0.15, -0.1) is 0 Å². The summed E-state index contributed by atoms with van der Waals surface area (Å²) >= 11 is 3.20. The van der Waals surface area contributed by atoms with Crippen molar-refractivity contribution in [1.29, 1.82) is 0 Å². The van der Waals surface area contributed by atoms with Crippen LogP contribution in [-0.2, 0) is 4.79 Å². The SMILES string of the molecule is CC(C)N(C(=O)COc1ccc(F)cc1Br)C(C)C. The summed E-state index contributed by atoms with van der Waals surface area (Å²) in [5.41, 5.74) is 0. The van der Waals surface area contributed by atoms with Crippen molar-refractivity contribution >= 4 is 21.8 Å². The van der Waals surface area contributed by atoms with Crippen LogP contribution < -0.4 is 4.74 Å². The van der Waals surface area contributed by atoms with Crippen molar-refractivity contribution in [2.24, 2.45) is 0 Å². The minimum Gasteiger partial charge on any atom is -0.483 e. The molecule has 0 N–H and O–H groups in total. The fourth-order valence-corrected chi connectivity index (χ4v) is 2.44. The quantitative estimate of drug-likeness (QED) is 0.824. The molecule has 0 aliphatic carbocycles. The third-order valence-corrected chi connectivity index (χ3v) is 3.27. The maximum absolute atomic E-state index is 12.9. The zero-order valence-corrected chi connectivity index (χ0v) is 13.2. The third kappa shape index (κ3) is 4.49. The van der Waals surface area contributed by atoms with Crippen LogP contribution >= 0.6 is 15.9 Å². The summed E-state index contributed by atoms with van der Waals surface area (Å²) in [5.74, 6) is 0.0278. The Balaban J connectivity index is 2.67. The first-order chi connectivity index (χ1) is 8.82. The molecule has 0 aromatic heterocycles. The zero-order valence-electron chi connectivity index (χ0n) is 11.6. The smallest absolute Gasteiger partial charge is 0.260 e. The van der Waals surface area contributed by atoms with Gasteiger partial charge in [0.25, 0.3) is 5.91 Å². The predicted molar refractivity (Wildman–Crippen MR) is 76.7 cm³/mol. The van der Waals surface area contributed by atoms with Crippen LogP contribution in [-0.4, -0.2) is 29.5 Å². The fraction of sp³-hybridized carbons (Fsp3) is 0.500. The maximum atomic E-state index is 12.9. The van der Waals surface area contributed by atoms with Crippen LogP contribution in [0.1, 0.15) is 27.7 Å². The van der Waals surface area contributed by atoms with Gasteiger partial charge < -0.3 is 9.64 Å². The molecule has 0 spiro atoms. The first kappa shape index (κ1) is 16.0. The van der Waals surface area contributed by atoms with Gasteiger partial charge in [-0.1, -0.05) is 0 Å². The molecule has 0 fully saturated rings. The second-order valence-electron chi connectivity index (χ2n) is 4.85. The van der Waals surface area contributed by atoms with E-state index in [-0.39, 0.29) is 30.4 Å². The van der Waals surface area contributed by atoms with E-state index < -0.39 is 0 Å². The van der Waals surface area contributed by atoms with Crippen molar-refractivity contribution in [3.63, 3.8) is 0 Å². The van der Waals surface area contributed by atoms with Gasteiger partial charge in [0.1, 0.15) is 11.6 Å². The Kier molecular flexibility index (Phi) is 5.79. The van der Waals surface area contributed by atoms with Crippen molar-refractivity contribution in [2.75, 3.05) is 6.61 Å². The van der Waals surface area contributed by atoms with Gasteiger partial charge in [0, 0.05) is 12.1 Å². The average molecular weight is 332 g/mol. The largest absolute Gasteiger partial charge is 0.483 e. The van der Waals surface area contributed by atoms with Crippen LogP contribution in [0.2, 0.25) is 0 Å². The number of amides is 1. The summed E-state index contributed by atoms with van der Waals surface area (Å²) in [5, 5.41) is 0. The normalized spacial score (nSPS) is 10.9. The number of carbonyl (C=O) groups excluding carboxylic acids is 1. The summed E-state index contributed by atoms with van der Waals surface area (Å²) in [6.07, 6.45) is 0. The molecular weight excluding hydrogens is 313 g/mol. The van der Waals surface area contributed by atoms with Crippen molar-refractivity contribution in [3.05, 3.63) is 28.5 Å². The Morgan fingerprint density at radius 1 is 1.32 bits per heavy atom. The lowest BCUT2D eigenvalue weighted by Gasteiger charge is -2.30. The molecule has 0 saturated heterocycles. The molecule has 1 amide bonds. The fourth-order valence-electron chi connectivity index (χ4n) is 1.98. The Morgan fingerprint density at radius 3 is 2.37 bits per heavy atom. The van der Waals surface area contributed by atoms with E-state index in [0.717, 1.165) is 0 Å². The summed E-state index contributed by atoms with van der Waals surface area (Å²) in [4.78, 5) is 13.9. The minimum absolute atomic E-state index is 0.0550. The van der Waals surface area contributed by atoms with Crippen molar-refractivity contribution in [1.82, 2.24) is 4.90 Å². The molecule has 3 nitrogen and oxygen atoms in total. The van der Waals surface area contributed by atoms with Crippen LogP contribution in [0.3, 0.4) is 0 Å². The second-order valence-corrected chi connectivity index (χ2v) is 5.71. The van der Waals surface area contributed by atoms with Crippen molar-refractivity contribution < 1.29 is 13.9 Å². The van der Waals surface area contributed by atoms with Gasteiger partial charge >= 0.3 is 0 Å². The molecular formula is C14H19BrFNO2. The van der Waals surface area contributed by atoms with Gasteiger partial charge in [0.2, 0.25) is 0 Å². The highest BCUT2D eigenvalue weighted by Gasteiger charge is 2.20. The van der Waals surface area contributed by atoms with Crippen molar-refractivity contribution in [3.8, 4) is 5.75 Å². The van der Waals surface area contributed by atoms with Crippen LogP contribution in [0.25, 0.3) is 0 Å². The maximum Gasteiger partial charge on any atom is 0.260 e. The monoisotopic (exact) mass is 331 g/mol. The number of rotatable bonds is 5. The van der Waals surface area contributed by atoms with E-state index >= 15 is 0 Å². The Morgan fingerprint density at radius 2 is 1.89 bits per heavy atom. The standard InChI is InChI=1S/C14H19BrFNO2/c1-9(2)17(10(3)4)14(18)8-19-13-6-5-11(16)7-12(13)15/h5-7,9-10H,8H2,1-4H3. The Labute approximate surface area is 121 Å². The highest BCUT2D eigenvalue weighted by atomic mass is 79.9. The van der Waals surface area contributed by atoms with Gasteiger partial charge in [0.15, 0.2) is 6.61 Å². The lowest BCUT2D eigenvalue weighted by Crippen LogP contribution is -2.44. The highest BCUT2D eigenvalue weighted by Crippen LogP contribution is 2.25. The number of benzene rings is 1. The minimum atomic E-state index is -0.350. The average Bonchev–Trinajstić information content (AvgIpc) is 2.26. The number of halogens is 2. The van der Waals surface area contributed by atoms with Crippen LogP contribution in [0.5, 0.6) is 5.75 Å². The molecule has 0 unspecified atom stereocenters. The molecule has 19 heavy (non-hydrogen) atoms. The second kappa shape index (κ2) is 6.89. The molecule has 1 aromatic rings. The number of ether oxygens (including phenoxy) is 1. The summed E-state index contributed by atoms with van der Waals surface area (Å²) in [7, 11) is 0. The van der Waals surface area contributed by atoms with Gasteiger partial charge in [-0.3, -0.25) is 4.79 Å². The topological polar surface area (TPSA) is 29.5 Å². The summed E-state index contributed by atoms with van der Waals surface area (Å²) < 4.78 is 18.9. The van der Waals surface area contributed by atoms with Crippen LogP contribution in [0, 0.1) is 5.82 Å². The first-order valence-electron chi connectivity index (χ1n) is 6.22. The van der Waals surface area contributed by atoms with E-state index in [1.807, 2.05) is 27.7 Å². The Bertz CT molecular complexity index is 441. The molecule has 0 bridgehead atoms. The Hall–Kier alpha value is -1.10. The van der Waals surface area contributed by atoms with Crippen molar-refractivity contribution in [2.45, 2.75) is 39.8 Å². The van der Waals surface area contributed by atoms with E-state index in [1.165, 1.54) is 18.2 Å². The molecule has 1 rings (SSSR count). The first-order valence-corrected chi connectivity index (χ1v) is 7.01. The third-order valence-electron chi connectivity index (χ3n) is 2.65. The van der Waals surface area contributed by atoms with Crippen LogP contribution in [0.15, 0.2) is 22.7 Å². The van der Waals surface area contributed by atoms with Crippen LogP contribution in [0.4, 0.5) is 4.39 Å². The molecule has 1 aromatic carbocycles. The zero-order chi connectivity index (χ0) is 14.6. The molecule has 0 aliphatic rings. The van der Waals surface area contributed by atoms with E-state index in [4.69, 9.17) is 4.74 Å². The summed E-state index contributed by atoms with van der Waals surface area (Å²) in [6.45, 7) is 7.80. The molecule has 0 saturated carbocycles. The molecule has 0 heterocycles. The lowest BCUT2D eigenvalue weighted by molar-refractivity contribution is -0.137. The van der Waals surface area contributed by atoms with Gasteiger partial charge in [-0.25, -0.2) is 4.39 Å². The van der Waals surface area contributed by atoms with E-state index in [9.17, 15) is 9.18 Å². The molecule has 106 valence electrons. The molecule has 0 atom stereocenters. The molecule has 5 heteroatoms. The summed E-state index contributed by atoms with van der Waals surface area (Å²) in [6, 6.07) is 4.35. The van der Waals surface area contributed by atoms with E-state index in [0.29, 0.717) is 10.2 Å². The van der Waals surface area contributed by atoms with E-state index in [2.05, 4.69) is 15.9 Å². The highest BCUT2D eigenvalue weighted by molar-refractivity contribution is 9.10. The number of hydrogen-bond donors (Lipinski definition) is 0. The number of carbonyl (C=O) groups is 1. The lowest BCUT2D eigenvalue weighted by atomic mass is 10.2. The molecule has 0 radical (unpaired) electrons. The number of hydrogen-bond acceptors (Lipinski definition) is 2. The van der Waals surface area contributed by atoms with Gasteiger partial charge in [-0.05, 0) is 61.8 Å². The predicted octanol–water partition coefficient (Wildman–Crippen LogP) is 3.61. The number of nitrogens with zero attached hydrogens (tertiary/aromatic N) is 1. The van der Waals surface area contributed by atoms with Gasteiger partial charge in [-0.2, -0.15) is 0 Å². The van der Waals surface area contributed by atoms with Gasteiger partial charge in [0.05, 0.1) is 4.47 Å².